The third-order valence-corrected chi connectivity index (χ3v) is 4.55. The third-order valence-electron chi connectivity index (χ3n) is 4.06. The number of hydrogen-bond donors (Lipinski definition) is 2. The fourth-order valence-electron chi connectivity index (χ4n) is 2.85. The Hall–Kier alpha value is -2.53. The number of benzene rings is 2. The van der Waals surface area contributed by atoms with Crippen molar-refractivity contribution in [3.05, 3.63) is 70.5 Å². The molecule has 2 N–H and O–H groups in total. The van der Waals surface area contributed by atoms with Gasteiger partial charge in [0.05, 0.1) is 0 Å². The number of halogens is 1. The highest BCUT2D eigenvalue weighted by Gasteiger charge is 2.12. The van der Waals surface area contributed by atoms with E-state index in [9.17, 15) is 4.79 Å². The molecule has 4 aromatic rings. The zero-order valence-electron chi connectivity index (χ0n) is 12.8. The maximum absolute atomic E-state index is 12.3. The number of carbonyl (C=O) groups is 1. The molecule has 5 heteroatoms. The van der Waals surface area contributed by atoms with Gasteiger partial charge in [0.25, 0.3) is 5.91 Å². The summed E-state index contributed by atoms with van der Waals surface area (Å²) in [5.74, 6) is 0.143. The van der Waals surface area contributed by atoms with Crippen molar-refractivity contribution in [2.45, 2.75) is 6.42 Å². The second-order valence-corrected chi connectivity index (χ2v) is 6.57. The van der Waals surface area contributed by atoms with Crippen LogP contribution in [0.3, 0.4) is 0 Å². The number of furan rings is 1. The highest BCUT2D eigenvalue weighted by Crippen LogP contribution is 2.23. The normalized spacial score (nSPS) is 11.2. The van der Waals surface area contributed by atoms with Crippen molar-refractivity contribution in [3.63, 3.8) is 0 Å². The molecule has 2 aromatic heterocycles. The topological polar surface area (TPSA) is 58.0 Å². The van der Waals surface area contributed by atoms with E-state index in [1.807, 2.05) is 42.6 Å². The lowest BCUT2D eigenvalue weighted by Gasteiger charge is -2.02. The molecular formula is C19H15BrN2O2. The lowest BCUT2D eigenvalue weighted by Crippen LogP contribution is -2.25. The van der Waals surface area contributed by atoms with Crippen molar-refractivity contribution in [1.29, 1.82) is 0 Å². The minimum Gasteiger partial charge on any atom is -0.451 e. The SMILES string of the molecule is O=C(NCCc1c[nH]c2ccccc12)c1cc2ccc(Br)cc2o1. The van der Waals surface area contributed by atoms with E-state index in [1.165, 1.54) is 10.9 Å². The van der Waals surface area contributed by atoms with E-state index >= 15 is 0 Å². The Morgan fingerprint density at radius 1 is 1.17 bits per heavy atom. The molecule has 2 heterocycles. The van der Waals surface area contributed by atoms with Crippen LogP contribution < -0.4 is 5.32 Å². The van der Waals surface area contributed by atoms with Crippen molar-refractivity contribution in [2.75, 3.05) is 6.54 Å². The van der Waals surface area contributed by atoms with Crippen LogP contribution in [0.2, 0.25) is 0 Å². The monoisotopic (exact) mass is 382 g/mol. The Balaban J connectivity index is 1.44. The number of para-hydroxylation sites is 1. The molecule has 0 saturated heterocycles. The first-order chi connectivity index (χ1) is 11.7. The van der Waals surface area contributed by atoms with Gasteiger partial charge in [0, 0.05) is 33.5 Å². The van der Waals surface area contributed by atoms with Gasteiger partial charge in [-0.1, -0.05) is 34.1 Å². The number of aromatic nitrogens is 1. The van der Waals surface area contributed by atoms with Gasteiger partial charge in [0.15, 0.2) is 5.76 Å². The molecule has 0 aliphatic heterocycles. The van der Waals surface area contributed by atoms with E-state index in [0.717, 1.165) is 21.8 Å². The summed E-state index contributed by atoms with van der Waals surface area (Å²) < 4.78 is 6.55. The largest absolute Gasteiger partial charge is 0.451 e. The summed E-state index contributed by atoms with van der Waals surface area (Å²) in [4.78, 5) is 15.5. The summed E-state index contributed by atoms with van der Waals surface area (Å²) >= 11 is 3.40. The highest BCUT2D eigenvalue weighted by atomic mass is 79.9. The molecule has 0 radical (unpaired) electrons. The first kappa shape index (κ1) is 15.0. The maximum atomic E-state index is 12.3. The molecule has 0 atom stereocenters. The Bertz CT molecular complexity index is 1030. The predicted molar refractivity (Wildman–Crippen MR) is 98.2 cm³/mol. The first-order valence-electron chi connectivity index (χ1n) is 7.73. The van der Waals surface area contributed by atoms with Crippen molar-refractivity contribution in [3.8, 4) is 0 Å². The fourth-order valence-corrected chi connectivity index (χ4v) is 3.19. The summed E-state index contributed by atoms with van der Waals surface area (Å²) in [5.41, 5.74) is 3.01. The van der Waals surface area contributed by atoms with Gasteiger partial charge >= 0.3 is 0 Å². The Labute approximate surface area is 147 Å². The smallest absolute Gasteiger partial charge is 0.287 e. The fraction of sp³-hybridized carbons (Fsp3) is 0.105. The summed E-state index contributed by atoms with van der Waals surface area (Å²) in [5, 5.41) is 5.03. The second-order valence-electron chi connectivity index (χ2n) is 5.66. The predicted octanol–water partition coefficient (Wildman–Crippen LogP) is 4.65. The number of fused-ring (bicyclic) bond motifs is 2. The third kappa shape index (κ3) is 2.83. The summed E-state index contributed by atoms with van der Waals surface area (Å²) in [6.07, 6.45) is 2.76. The zero-order valence-corrected chi connectivity index (χ0v) is 14.4. The molecule has 0 aliphatic carbocycles. The highest BCUT2D eigenvalue weighted by molar-refractivity contribution is 9.10. The van der Waals surface area contributed by atoms with E-state index in [2.05, 4.69) is 32.3 Å². The van der Waals surface area contributed by atoms with Crippen molar-refractivity contribution < 1.29 is 9.21 Å². The van der Waals surface area contributed by atoms with Crippen LogP contribution in [0.4, 0.5) is 0 Å². The molecule has 24 heavy (non-hydrogen) atoms. The first-order valence-corrected chi connectivity index (χ1v) is 8.52. The van der Waals surface area contributed by atoms with Gasteiger partial charge in [0.1, 0.15) is 5.58 Å². The van der Waals surface area contributed by atoms with Gasteiger partial charge in [-0.3, -0.25) is 4.79 Å². The van der Waals surface area contributed by atoms with Gasteiger partial charge in [-0.2, -0.15) is 0 Å². The Kier molecular flexibility index (Phi) is 3.86. The van der Waals surface area contributed by atoms with Crippen LogP contribution in [-0.4, -0.2) is 17.4 Å². The molecule has 4 rings (SSSR count). The van der Waals surface area contributed by atoms with Gasteiger partial charge in [0.2, 0.25) is 0 Å². The standard InChI is InChI=1S/C19H15BrN2O2/c20-14-6-5-12-9-18(24-17(12)10-14)19(23)21-8-7-13-11-22-16-4-2-1-3-15(13)16/h1-6,9-11,22H,7-8H2,(H,21,23). The van der Waals surface area contributed by atoms with E-state index < -0.39 is 0 Å². The number of hydrogen-bond acceptors (Lipinski definition) is 2. The molecule has 0 saturated carbocycles. The molecule has 0 spiro atoms. The number of aromatic amines is 1. The second kappa shape index (κ2) is 6.17. The number of rotatable bonds is 4. The number of amides is 1. The molecular weight excluding hydrogens is 368 g/mol. The minimum absolute atomic E-state index is 0.192. The Morgan fingerprint density at radius 2 is 2.04 bits per heavy atom. The summed E-state index contributed by atoms with van der Waals surface area (Å²) in [6.45, 7) is 0.557. The van der Waals surface area contributed by atoms with Gasteiger partial charge in [-0.05, 0) is 42.3 Å². The van der Waals surface area contributed by atoms with Crippen LogP contribution in [0.5, 0.6) is 0 Å². The van der Waals surface area contributed by atoms with Crippen LogP contribution in [0.15, 0.2) is 63.6 Å². The van der Waals surface area contributed by atoms with Crippen LogP contribution in [0, 0.1) is 0 Å². The lowest BCUT2D eigenvalue weighted by atomic mass is 10.1. The lowest BCUT2D eigenvalue weighted by molar-refractivity contribution is 0.0928. The van der Waals surface area contributed by atoms with Gasteiger partial charge in [-0.25, -0.2) is 0 Å². The molecule has 0 unspecified atom stereocenters. The van der Waals surface area contributed by atoms with Gasteiger partial charge < -0.3 is 14.7 Å². The van der Waals surface area contributed by atoms with Crippen LogP contribution in [-0.2, 0) is 6.42 Å². The number of carbonyl (C=O) groups excluding carboxylic acids is 1. The van der Waals surface area contributed by atoms with E-state index in [-0.39, 0.29) is 5.91 Å². The van der Waals surface area contributed by atoms with E-state index in [1.54, 1.807) is 6.07 Å². The molecule has 0 bridgehead atoms. The van der Waals surface area contributed by atoms with E-state index in [0.29, 0.717) is 17.9 Å². The molecule has 1 amide bonds. The molecule has 2 aromatic carbocycles. The average Bonchev–Trinajstić information content (AvgIpc) is 3.18. The quantitative estimate of drug-likeness (QED) is 0.539. The van der Waals surface area contributed by atoms with Crippen LogP contribution in [0.1, 0.15) is 16.1 Å². The average molecular weight is 383 g/mol. The van der Waals surface area contributed by atoms with Crippen molar-refractivity contribution in [1.82, 2.24) is 10.3 Å². The molecule has 0 fully saturated rings. The van der Waals surface area contributed by atoms with E-state index in [4.69, 9.17) is 4.42 Å². The van der Waals surface area contributed by atoms with Crippen molar-refractivity contribution >= 4 is 43.7 Å². The van der Waals surface area contributed by atoms with Crippen LogP contribution in [0.25, 0.3) is 21.9 Å². The number of H-pyrrole nitrogens is 1. The number of nitrogens with one attached hydrogen (secondary N) is 2. The molecule has 120 valence electrons. The van der Waals surface area contributed by atoms with Gasteiger partial charge in [-0.15, -0.1) is 0 Å². The summed E-state index contributed by atoms with van der Waals surface area (Å²) in [6, 6.07) is 15.6. The molecule has 0 aliphatic rings. The zero-order chi connectivity index (χ0) is 16.5. The van der Waals surface area contributed by atoms with Crippen molar-refractivity contribution in [2.24, 2.45) is 0 Å². The summed E-state index contributed by atoms with van der Waals surface area (Å²) in [7, 11) is 0. The Morgan fingerprint density at radius 3 is 2.96 bits per heavy atom. The maximum Gasteiger partial charge on any atom is 0.287 e. The minimum atomic E-state index is -0.192. The van der Waals surface area contributed by atoms with Crippen LogP contribution >= 0.6 is 15.9 Å². The molecule has 4 nitrogen and oxygen atoms in total.